The first-order chi connectivity index (χ1) is 10.7. The molecule has 0 aliphatic carbocycles. The van der Waals surface area contributed by atoms with Gasteiger partial charge in [-0.1, -0.05) is 74.5 Å². The van der Waals surface area contributed by atoms with E-state index in [2.05, 4.69) is 33.5 Å². The molecule has 0 heterocycles. The van der Waals surface area contributed by atoms with E-state index in [-0.39, 0.29) is 0 Å². The predicted octanol–water partition coefficient (Wildman–Crippen LogP) is 3.81. The maximum Gasteiger partial charge on any atom is 0.306 e. The molecule has 2 aromatic rings. The molecular formula is C19H27O2Si2. The standard InChI is InChI=1S/C19H27O2Si2/c1-19(2,16-21-22(3,4)5)23(20,17-12-8-6-9-13-17)18-14-10-7-11-15-18/h6-15H,16H2,1-5H3. The normalized spacial score (nSPS) is 13.1. The second-order valence-electron chi connectivity index (χ2n) is 7.70. The summed E-state index contributed by atoms with van der Waals surface area (Å²) in [4.78, 5) is 14.3. The minimum atomic E-state index is -3.18. The molecule has 0 amide bonds. The molecule has 0 aliphatic rings. The molecule has 0 atom stereocenters. The van der Waals surface area contributed by atoms with Gasteiger partial charge >= 0.3 is 8.32 Å². The van der Waals surface area contributed by atoms with Crippen molar-refractivity contribution in [3.05, 3.63) is 60.7 Å². The third-order valence-electron chi connectivity index (χ3n) is 4.18. The van der Waals surface area contributed by atoms with Crippen LogP contribution in [0, 0.1) is 0 Å². The molecule has 4 heteroatoms. The molecule has 0 saturated carbocycles. The van der Waals surface area contributed by atoms with Crippen LogP contribution in [0.15, 0.2) is 60.7 Å². The second kappa shape index (κ2) is 6.73. The van der Waals surface area contributed by atoms with E-state index < -0.39 is 21.7 Å². The maximum atomic E-state index is 14.3. The first kappa shape index (κ1) is 18.1. The SMILES string of the molecule is CC(C)(CO[Si](C)(C)C)[Si]([O])(c1ccccc1)c1ccccc1. The molecule has 0 unspecified atom stereocenters. The van der Waals surface area contributed by atoms with E-state index in [1.165, 1.54) is 0 Å². The fourth-order valence-corrected chi connectivity index (χ4v) is 7.23. The molecule has 0 aromatic heterocycles. The maximum absolute atomic E-state index is 14.3. The van der Waals surface area contributed by atoms with Gasteiger partial charge in [-0.3, -0.25) is 4.80 Å². The van der Waals surface area contributed by atoms with Crippen LogP contribution in [-0.4, -0.2) is 23.2 Å². The van der Waals surface area contributed by atoms with Crippen LogP contribution in [-0.2, 0) is 9.22 Å². The quantitative estimate of drug-likeness (QED) is 0.733. The van der Waals surface area contributed by atoms with E-state index in [0.29, 0.717) is 6.61 Å². The molecule has 0 spiro atoms. The number of hydrogen-bond donors (Lipinski definition) is 0. The summed E-state index contributed by atoms with van der Waals surface area (Å²) in [6.07, 6.45) is 0. The van der Waals surface area contributed by atoms with Gasteiger partial charge in [-0.2, -0.15) is 0 Å². The topological polar surface area (TPSA) is 29.1 Å². The summed E-state index contributed by atoms with van der Waals surface area (Å²) >= 11 is 0. The van der Waals surface area contributed by atoms with Crippen molar-refractivity contribution in [2.75, 3.05) is 6.61 Å². The minimum absolute atomic E-state index is 0.435. The van der Waals surface area contributed by atoms with Gasteiger partial charge < -0.3 is 4.43 Å². The molecule has 0 N–H and O–H groups in total. The Hall–Kier alpha value is -1.21. The van der Waals surface area contributed by atoms with Crippen molar-refractivity contribution in [3.8, 4) is 0 Å². The Balaban J connectivity index is 2.50. The zero-order valence-electron chi connectivity index (χ0n) is 14.8. The molecular weight excluding hydrogens is 316 g/mol. The van der Waals surface area contributed by atoms with Crippen LogP contribution in [0.1, 0.15) is 13.8 Å². The molecule has 0 aliphatic heterocycles. The summed E-state index contributed by atoms with van der Waals surface area (Å²) in [5.74, 6) is 0. The third kappa shape index (κ3) is 4.01. The Morgan fingerprint density at radius 3 is 1.57 bits per heavy atom. The lowest BCUT2D eigenvalue weighted by molar-refractivity contribution is 0.249. The van der Waals surface area contributed by atoms with Gasteiger partial charge in [0, 0.05) is 11.6 Å². The summed E-state index contributed by atoms with van der Waals surface area (Å²) in [6, 6.07) is 19.8. The van der Waals surface area contributed by atoms with Crippen LogP contribution in [0.2, 0.25) is 24.7 Å². The molecule has 0 fully saturated rings. The average molecular weight is 344 g/mol. The van der Waals surface area contributed by atoms with Gasteiger partial charge in [0.1, 0.15) is 0 Å². The fraction of sp³-hybridized carbons (Fsp3) is 0.368. The van der Waals surface area contributed by atoms with Crippen LogP contribution in [0.3, 0.4) is 0 Å². The minimum Gasteiger partial charge on any atom is -0.417 e. The Bertz CT molecular complexity index is 579. The van der Waals surface area contributed by atoms with E-state index in [1.807, 2.05) is 60.7 Å². The summed E-state index contributed by atoms with van der Waals surface area (Å²) in [6.45, 7) is 11.2. The molecule has 123 valence electrons. The Morgan fingerprint density at radius 2 is 1.22 bits per heavy atom. The highest BCUT2D eigenvalue weighted by Gasteiger charge is 2.52. The number of benzene rings is 2. The van der Waals surface area contributed by atoms with Gasteiger partial charge in [-0.25, -0.2) is 0 Å². The van der Waals surface area contributed by atoms with Gasteiger partial charge in [0.2, 0.25) is 0 Å². The van der Waals surface area contributed by atoms with Crippen molar-refractivity contribution in [2.24, 2.45) is 0 Å². The molecule has 2 nitrogen and oxygen atoms in total. The van der Waals surface area contributed by atoms with Crippen molar-refractivity contribution in [1.29, 1.82) is 0 Å². The molecule has 0 bridgehead atoms. The van der Waals surface area contributed by atoms with Crippen LogP contribution in [0.4, 0.5) is 0 Å². The first-order valence-electron chi connectivity index (χ1n) is 8.12. The van der Waals surface area contributed by atoms with Crippen molar-refractivity contribution in [3.63, 3.8) is 0 Å². The van der Waals surface area contributed by atoms with Crippen LogP contribution in [0.25, 0.3) is 0 Å². The first-order valence-corrected chi connectivity index (χ1v) is 13.4. The van der Waals surface area contributed by atoms with Gasteiger partial charge in [-0.15, -0.1) is 0 Å². The zero-order valence-corrected chi connectivity index (χ0v) is 16.8. The van der Waals surface area contributed by atoms with Gasteiger partial charge in [0.25, 0.3) is 0 Å². The second-order valence-corrected chi connectivity index (χ2v) is 16.1. The summed E-state index contributed by atoms with van der Waals surface area (Å²) in [7, 11) is -4.85. The highest BCUT2D eigenvalue weighted by atomic mass is 28.4. The van der Waals surface area contributed by atoms with Gasteiger partial charge in [0.15, 0.2) is 8.32 Å². The van der Waals surface area contributed by atoms with Gasteiger partial charge in [0.05, 0.1) is 0 Å². The van der Waals surface area contributed by atoms with Crippen molar-refractivity contribution in [2.45, 2.75) is 38.5 Å². The fourth-order valence-electron chi connectivity index (χ4n) is 2.79. The van der Waals surface area contributed by atoms with E-state index >= 15 is 0 Å². The largest absolute Gasteiger partial charge is 0.417 e. The Morgan fingerprint density at radius 1 is 0.826 bits per heavy atom. The molecule has 2 aromatic carbocycles. The lowest BCUT2D eigenvalue weighted by Gasteiger charge is -2.40. The van der Waals surface area contributed by atoms with Crippen molar-refractivity contribution >= 4 is 27.0 Å². The Labute approximate surface area is 142 Å². The third-order valence-corrected chi connectivity index (χ3v) is 9.53. The average Bonchev–Trinajstić information content (AvgIpc) is 2.53. The highest BCUT2D eigenvalue weighted by molar-refractivity contribution is 6.98. The van der Waals surface area contributed by atoms with E-state index in [1.54, 1.807) is 0 Å². The lowest BCUT2D eigenvalue weighted by atomic mass is 10.2. The van der Waals surface area contributed by atoms with E-state index in [9.17, 15) is 4.80 Å². The number of hydrogen-bond acceptors (Lipinski definition) is 1. The number of rotatable bonds is 6. The molecule has 1 radical (unpaired) electrons. The highest BCUT2D eigenvalue weighted by Crippen LogP contribution is 2.36. The predicted molar refractivity (Wildman–Crippen MR) is 102 cm³/mol. The Kier molecular flexibility index (Phi) is 5.31. The summed E-state index contributed by atoms with van der Waals surface area (Å²) in [5.41, 5.74) is 0. The van der Waals surface area contributed by atoms with Gasteiger partial charge in [-0.05, 0) is 30.0 Å². The van der Waals surface area contributed by atoms with E-state index in [4.69, 9.17) is 4.43 Å². The van der Waals surface area contributed by atoms with Crippen LogP contribution >= 0.6 is 0 Å². The smallest absolute Gasteiger partial charge is 0.306 e. The zero-order chi connectivity index (χ0) is 17.1. The molecule has 0 saturated heterocycles. The molecule has 2 rings (SSSR count). The van der Waals surface area contributed by atoms with Crippen molar-refractivity contribution in [1.82, 2.24) is 0 Å². The molecule has 23 heavy (non-hydrogen) atoms. The van der Waals surface area contributed by atoms with Crippen LogP contribution in [0.5, 0.6) is 0 Å². The summed E-state index contributed by atoms with van der Waals surface area (Å²) in [5, 5.41) is 1.42. The lowest BCUT2D eigenvalue weighted by Crippen LogP contribution is -2.65. The van der Waals surface area contributed by atoms with Crippen LogP contribution < -0.4 is 10.4 Å². The van der Waals surface area contributed by atoms with Crippen molar-refractivity contribution < 1.29 is 9.22 Å². The monoisotopic (exact) mass is 343 g/mol. The van der Waals surface area contributed by atoms with E-state index in [0.717, 1.165) is 10.4 Å². The summed E-state index contributed by atoms with van der Waals surface area (Å²) < 4.78 is 6.16.